The van der Waals surface area contributed by atoms with Crippen LogP contribution in [0.25, 0.3) is 0 Å². The summed E-state index contributed by atoms with van der Waals surface area (Å²) in [6.07, 6.45) is 0.693. The molecule has 0 saturated carbocycles. The number of halogens is 1. The molecule has 1 atom stereocenters. The first kappa shape index (κ1) is 24.7. The molecule has 1 aliphatic rings. The van der Waals surface area contributed by atoms with E-state index < -0.39 is 20.0 Å². The number of hydrogen-bond acceptors (Lipinski definition) is 6. The third-order valence-electron chi connectivity index (χ3n) is 3.56. The normalized spacial score (nSPS) is 19.8. The van der Waals surface area contributed by atoms with Gasteiger partial charge >= 0.3 is 0 Å². The molecule has 148 valence electrons. The highest BCUT2D eigenvalue weighted by Gasteiger charge is 2.39. The molecule has 0 aromatic carbocycles. The summed E-state index contributed by atoms with van der Waals surface area (Å²) >= 11 is 0.734. The van der Waals surface area contributed by atoms with Crippen LogP contribution in [0, 0.1) is 5.92 Å². The van der Waals surface area contributed by atoms with Crippen molar-refractivity contribution in [3.05, 3.63) is 11.6 Å². The summed E-state index contributed by atoms with van der Waals surface area (Å²) in [6.45, 7) is 7.44. The lowest BCUT2D eigenvalue weighted by molar-refractivity contribution is 0.333. The zero-order valence-corrected chi connectivity index (χ0v) is 17.6. The first-order valence-electron chi connectivity index (χ1n) is 7.47. The third-order valence-corrected chi connectivity index (χ3v) is 8.53. The van der Waals surface area contributed by atoms with Gasteiger partial charge in [0.2, 0.25) is 10.0 Å². The van der Waals surface area contributed by atoms with Crippen molar-refractivity contribution in [2.45, 2.75) is 41.7 Å². The Morgan fingerprint density at radius 3 is 2.52 bits per heavy atom. The minimum absolute atomic E-state index is 0. The van der Waals surface area contributed by atoms with Crippen molar-refractivity contribution < 1.29 is 22.3 Å². The highest BCUT2D eigenvalue weighted by Crippen LogP contribution is 2.39. The highest BCUT2D eigenvalue weighted by molar-refractivity contribution is 7.94. The van der Waals surface area contributed by atoms with Gasteiger partial charge in [-0.3, -0.25) is 0 Å². The van der Waals surface area contributed by atoms with E-state index in [1.54, 1.807) is 0 Å². The number of nitrogens with one attached hydrogen (secondary N) is 1. The largest absolute Gasteiger partial charge is 0.412 e. The van der Waals surface area contributed by atoms with Crippen molar-refractivity contribution in [2.75, 3.05) is 19.6 Å². The fraction of sp³-hybridized carbons (Fsp3) is 0.692. The van der Waals surface area contributed by atoms with Crippen molar-refractivity contribution in [3.63, 3.8) is 0 Å². The number of nitrogens with two attached hydrogens (primary N) is 1. The van der Waals surface area contributed by atoms with E-state index in [-0.39, 0.29) is 32.3 Å². The molecule has 2 rings (SSSR count). The molecule has 8 nitrogen and oxygen atoms in total. The maximum atomic E-state index is 12.7. The van der Waals surface area contributed by atoms with E-state index in [4.69, 9.17) is 5.14 Å². The Bertz CT molecular complexity index is 777. The number of hydrogen-bond donors (Lipinski definition) is 2. The van der Waals surface area contributed by atoms with Crippen molar-refractivity contribution in [3.8, 4) is 0 Å². The minimum Gasteiger partial charge on any atom is -0.412 e. The van der Waals surface area contributed by atoms with Gasteiger partial charge in [0.1, 0.15) is 8.42 Å². The molecule has 1 aromatic heterocycles. The predicted molar refractivity (Wildman–Crippen MR) is 101 cm³/mol. The van der Waals surface area contributed by atoms with Crippen LogP contribution >= 0.6 is 23.7 Å². The number of nitrogens with zero attached hydrogens (tertiary/aromatic N) is 1. The van der Waals surface area contributed by atoms with Gasteiger partial charge in [-0.05, 0) is 24.9 Å². The lowest BCUT2D eigenvalue weighted by Gasteiger charge is -2.32. The van der Waals surface area contributed by atoms with Crippen LogP contribution in [0.1, 0.15) is 38.8 Å². The Kier molecular flexibility index (Phi) is 8.99. The van der Waals surface area contributed by atoms with Crippen LogP contribution in [0.5, 0.6) is 0 Å². The quantitative estimate of drug-likeness (QED) is 0.676. The molecule has 0 aliphatic carbocycles. The first-order chi connectivity index (χ1) is 10.6. The van der Waals surface area contributed by atoms with Gasteiger partial charge in [-0.2, -0.15) is 4.31 Å². The van der Waals surface area contributed by atoms with E-state index >= 15 is 0 Å². The zero-order valence-electron chi connectivity index (χ0n) is 14.4. The number of thiophene rings is 1. The van der Waals surface area contributed by atoms with Crippen LogP contribution in [0.2, 0.25) is 0 Å². The second kappa shape index (κ2) is 9.09. The van der Waals surface area contributed by atoms with Crippen LogP contribution < -0.4 is 10.5 Å². The fourth-order valence-electron chi connectivity index (χ4n) is 2.48. The van der Waals surface area contributed by atoms with E-state index in [1.165, 1.54) is 10.4 Å². The number of fused-ring (bicyclic) bond motifs is 1. The van der Waals surface area contributed by atoms with Crippen LogP contribution in [0.3, 0.4) is 0 Å². The van der Waals surface area contributed by atoms with Crippen molar-refractivity contribution in [2.24, 2.45) is 11.1 Å². The third kappa shape index (κ3) is 5.36. The first-order valence-corrected chi connectivity index (χ1v) is 11.3. The fourth-order valence-corrected chi connectivity index (χ4v) is 6.84. The second-order valence-electron chi connectivity index (χ2n) is 6.07. The Hall–Kier alpha value is -0.270. The Labute approximate surface area is 159 Å². The van der Waals surface area contributed by atoms with Gasteiger partial charge in [0.05, 0.1) is 0 Å². The molecule has 1 aliphatic heterocycles. The molecule has 2 heterocycles. The second-order valence-corrected chi connectivity index (χ2v) is 11.0. The standard InChI is InChI=1S/C13H23N3O4S3.ClH.H2O/c1-4-5-16-8-11(15-7-9(2)3)10-6-12(22(14,17)18)21-13(10)23(16,19)20;;/h6,9,11,15H,4-5,7-8H2,1-3H3,(H2,14,17,18);1H;1H2. The number of rotatable bonds is 6. The van der Waals surface area contributed by atoms with Gasteiger partial charge in [-0.25, -0.2) is 22.0 Å². The lowest BCUT2D eigenvalue weighted by Crippen LogP contribution is -2.44. The maximum absolute atomic E-state index is 12.7. The Balaban J connectivity index is 0.00000288. The summed E-state index contributed by atoms with van der Waals surface area (Å²) in [6, 6.07) is 1.17. The van der Waals surface area contributed by atoms with Crippen LogP contribution in [0.4, 0.5) is 0 Å². The predicted octanol–water partition coefficient (Wildman–Crippen LogP) is 0.694. The molecule has 1 aromatic rings. The Morgan fingerprint density at radius 2 is 2.04 bits per heavy atom. The Morgan fingerprint density at radius 1 is 1.44 bits per heavy atom. The summed E-state index contributed by atoms with van der Waals surface area (Å²) < 4.78 is 50.0. The molecule has 0 fully saturated rings. The van der Waals surface area contributed by atoms with E-state index in [9.17, 15) is 16.8 Å². The van der Waals surface area contributed by atoms with Gasteiger partial charge in [0.25, 0.3) is 10.0 Å². The van der Waals surface area contributed by atoms with Crippen molar-refractivity contribution >= 4 is 43.8 Å². The molecule has 0 saturated heterocycles. The summed E-state index contributed by atoms with van der Waals surface area (Å²) in [5.41, 5.74) is 0.507. The summed E-state index contributed by atoms with van der Waals surface area (Å²) in [4.78, 5) is 0. The molecule has 1 unspecified atom stereocenters. The smallest absolute Gasteiger partial charge is 0.252 e. The lowest BCUT2D eigenvalue weighted by atomic mass is 10.1. The SMILES string of the molecule is CCCN1CC(NCC(C)C)c2cc(S(N)(=O)=O)sc2S1(=O)=O.Cl.O. The monoisotopic (exact) mass is 435 g/mol. The van der Waals surface area contributed by atoms with Crippen LogP contribution in [0.15, 0.2) is 14.5 Å². The summed E-state index contributed by atoms with van der Waals surface area (Å²) in [5.74, 6) is 0.396. The van der Waals surface area contributed by atoms with Crippen molar-refractivity contribution in [1.29, 1.82) is 0 Å². The molecule has 0 radical (unpaired) electrons. The number of primary sulfonamides is 1. The highest BCUT2D eigenvalue weighted by atomic mass is 35.5. The van der Waals surface area contributed by atoms with Crippen LogP contribution in [-0.4, -0.2) is 46.3 Å². The minimum atomic E-state index is -3.92. The van der Waals surface area contributed by atoms with Crippen LogP contribution in [-0.2, 0) is 20.0 Å². The zero-order chi connectivity index (χ0) is 17.4. The molecule has 25 heavy (non-hydrogen) atoms. The number of sulfonamides is 2. The molecular formula is C13H26ClN3O5S3. The van der Waals surface area contributed by atoms with Crippen molar-refractivity contribution in [1.82, 2.24) is 9.62 Å². The van der Waals surface area contributed by atoms with Gasteiger partial charge in [-0.1, -0.05) is 20.8 Å². The summed E-state index contributed by atoms with van der Waals surface area (Å²) in [7, 11) is -7.59. The average molecular weight is 436 g/mol. The molecular weight excluding hydrogens is 410 g/mol. The molecule has 5 N–H and O–H groups in total. The maximum Gasteiger partial charge on any atom is 0.252 e. The summed E-state index contributed by atoms with van der Waals surface area (Å²) in [5, 5.41) is 8.51. The van der Waals surface area contributed by atoms with E-state index in [1.807, 2.05) is 6.92 Å². The molecule has 0 amide bonds. The van der Waals surface area contributed by atoms with E-state index in [2.05, 4.69) is 19.2 Å². The van der Waals surface area contributed by atoms with E-state index in [0.717, 1.165) is 11.3 Å². The van der Waals surface area contributed by atoms with Gasteiger partial charge < -0.3 is 10.8 Å². The molecule has 0 spiro atoms. The topological polar surface area (TPSA) is 141 Å². The molecule has 12 heteroatoms. The molecule has 0 bridgehead atoms. The van der Waals surface area contributed by atoms with Gasteiger partial charge in [0, 0.05) is 24.7 Å². The van der Waals surface area contributed by atoms with Gasteiger partial charge in [0.15, 0.2) is 0 Å². The van der Waals surface area contributed by atoms with E-state index in [0.29, 0.717) is 37.5 Å². The van der Waals surface area contributed by atoms with Gasteiger partial charge in [-0.15, -0.1) is 23.7 Å². The average Bonchev–Trinajstić information content (AvgIpc) is 2.87.